The molecule has 1 aromatic heterocycles. The van der Waals surface area contributed by atoms with Crippen LogP contribution < -0.4 is 15.4 Å². The number of nitrogens with two attached hydrogens (primary N) is 1. The summed E-state index contributed by atoms with van der Waals surface area (Å²) in [6.07, 6.45) is 7.04. The highest BCUT2D eigenvalue weighted by Gasteiger charge is 2.29. The number of ether oxygens (including phenoxy) is 1. The lowest BCUT2D eigenvalue weighted by Gasteiger charge is -2.41. The number of pyridine rings is 1. The second-order valence-corrected chi connectivity index (χ2v) is 10.4. The fourth-order valence-electron chi connectivity index (χ4n) is 4.89. The van der Waals surface area contributed by atoms with Crippen molar-refractivity contribution in [2.24, 2.45) is 11.7 Å². The largest absolute Gasteiger partial charge is 0.489 e. The summed E-state index contributed by atoms with van der Waals surface area (Å²) < 4.78 is 6.00. The van der Waals surface area contributed by atoms with Crippen molar-refractivity contribution in [2.45, 2.75) is 58.2 Å². The Bertz CT molecular complexity index is 1080. The van der Waals surface area contributed by atoms with Crippen LogP contribution >= 0.6 is 0 Å². The molecule has 0 radical (unpaired) electrons. The molecule has 0 bridgehead atoms. The molecule has 1 fully saturated rings. The third-order valence-corrected chi connectivity index (χ3v) is 7.10. The predicted molar refractivity (Wildman–Crippen MR) is 150 cm³/mol. The average molecular weight is 501 g/mol. The number of piperidine rings is 1. The van der Waals surface area contributed by atoms with Gasteiger partial charge in [-0.05, 0) is 79.1 Å². The lowest BCUT2D eigenvalue weighted by atomic mass is 9.99. The summed E-state index contributed by atoms with van der Waals surface area (Å²) in [6.45, 7) is 7.58. The molecular weight excluding hydrogens is 460 g/mol. The number of benzene rings is 2. The van der Waals surface area contributed by atoms with E-state index in [1.54, 1.807) is 12.4 Å². The Labute approximate surface area is 221 Å². The third kappa shape index (κ3) is 7.80. The summed E-state index contributed by atoms with van der Waals surface area (Å²) in [7, 11) is 0. The smallest absolute Gasteiger partial charge is 0.239 e. The van der Waals surface area contributed by atoms with E-state index in [0.717, 1.165) is 55.8 Å². The minimum atomic E-state index is -0.514. The molecule has 1 unspecified atom stereocenters. The van der Waals surface area contributed by atoms with E-state index in [0.29, 0.717) is 25.0 Å². The number of rotatable bonds is 11. The minimum absolute atomic E-state index is 0.0453. The molecule has 6 heteroatoms. The van der Waals surface area contributed by atoms with Crippen LogP contribution in [0, 0.1) is 5.92 Å². The van der Waals surface area contributed by atoms with Crippen LogP contribution in [0.25, 0.3) is 0 Å². The van der Waals surface area contributed by atoms with E-state index < -0.39 is 6.04 Å². The summed E-state index contributed by atoms with van der Waals surface area (Å²) in [5, 5.41) is 0. The molecule has 37 heavy (non-hydrogen) atoms. The van der Waals surface area contributed by atoms with Crippen molar-refractivity contribution in [3.05, 3.63) is 90.3 Å². The van der Waals surface area contributed by atoms with Gasteiger partial charge in [0.05, 0.1) is 6.04 Å². The van der Waals surface area contributed by atoms with E-state index in [4.69, 9.17) is 10.5 Å². The van der Waals surface area contributed by atoms with Crippen molar-refractivity contribution in [1.29, 1.82) is 0 Å². The normalized spacial score (nSPS) is 15.0. The maximum Gasteiger partial charge on any atom is 0.239 e. The molecule has 4 rings (SSSR count). The van der Waals surface area contributed by atoms with Crippen LogP contribution in [0.2, 0.25) is 0 Å². The van der Waals surface area contributed by atoms with Gasteiger partial charge < -0.3 is 20.3 Å². The lowest BCUT2D eigenvalue weighted by Crippen LogP contribution is -2.51. The maximum absolute atomic E-state index is 13.0. The van der Waals surface area contributed by atoms with E-state index in [1.165, 1.54) is 5.69 Å². The Balaban J connectivity index is 1.35. The third-order valence-electron chi connectivity index (χ3n) is 7.10. The maximum atomic E-state index is 13.0. The first-order chi connectivity index (χ1) is 18.0. The number of hydrogen-bond donors (Lipinski definition) is 1. The molecule has 1 aliphatic rings. The van der Waals surface area contributed by atoms with Gasteiger partial charge in [0, 0.05) is 43.8 Å². The van der Waals surface area contributed by atoms with Crippen LogP contribution in [0.1, 0.15) is 44.2 Å². The van der Waals surface area contributed by atoms with Gasteiger partial charge in [-0.2, -0.15) is 0 Å². The first kappa shape index (κ1) is 26.7. The average Bonchev–Trinajstić information content (AvgIpc) is 2.93. The summed E-state index contributed by atoms with van der Waals surface area (Å²) in [4.78, 5) is 21.5. The first-order valence-electron chi connectivity index (χ1n) is 13.5. The molecule has 2 N–H and O–H groups in total. The summed E-state index contributed by atoms with van der Waals surface area (Å²) in [5.41, 5.74) is 9.71. The molecule has 6 nitrogen and oxygen atoms in total. The molecule has 1 atom stereocenters. The molecule has 1 aliphatic heterocycles. The van der Waals surface area contributed by atoms with E-state index in [9.17, 15) is 4.79 Å². The van der Waals surface area contributed by atoms with Crippen molar-refractivity contribution in [3.63, 3.8) is 0 Å². The van der Waals surface area contributed by atoms with Crippen LogP contribution in [0.15, 0.2) is 79.1 Å². The van der Waals surface area contributed by atoms with Gasteiger partial charge in [-0.3, -0.25) is 9.78 Å². The molecule has 3 aromatic rings. The van der Waals surface area contributed by atoms with Crippen LogP contribution in [-0.4, -0.2) is 47.5 Å². The quantitative estimate of drug-likeness (QED) is 0.398. The van der Waals surface area contributed by atoms with Crippen LogP contribution in [0.3, 0.4) is 0 Å². The molecule has 0 aliphatic carbocycles. The number of carbonyl (C=O) groups is 1. The van der Waals surface area contributed by atoms with Crippen molar-refractivity contribution >= 4 is 11.6 Å². The van der Waals surface area contributed by atoms with Gasteiger partial charge in [-0.1, -0.05) is 44.2 Å². The number of carbonyl (C=O) groups excluding carboxylic acids is 1. The van der Waals surface area contributed by atoms with Crippen molar-refractivity contribution in [1.82, 2.24) is 9.88 Å². The zero-order valence-corrected chi connectivity index (χ0v) is 22.1. The zero-order valence-electron chi connectivity index (χ0n) is 22.1. The number of amides is 1. The highest BCUT2D eigenvalue weighted by Crippen LogP contribution is 2.27. The van der Waals surface area contributed by atoms with E-state index in [-0.39, 0.29) is 5.91 Å². The second kappa shape index (κ2) is 13.2. The van der Waals surface area contributed by atoms with Crippen LogP contribution in [0.4, 0.5) is 5.69 Å². The van der Waals surface area contributed by atoms with Gasteiger partial charge in [0.25, 0.3) is 0 Å². The van der Waals surface area contributed by atoms with E-state index in [1.807, 2.05) is 35.2 Å². The van der Waals surface area contributed by atoms with Gasteiger partial charge in [0.15, 0.2) is 0 Å². The highest BCUT2D eigenvalue weighted by atomic mass is 16.5. The zero-order chi connectivity index (χ0) is 26.0. The van der Waals surface area contributed by atoms with Crippen molar-refractivity contribution < 1.29 is 9.53 Å². The SMILES string of the molecule is CC(C)CCN(c1ccc(OCc2ccccc2)cc1)C1CCN(C(=O)C(N)Cc2ccncc2)CC1. The molecule has 1 amide bonds. The molecule has 1 saturated heterocycles. The van der Waals surface area contributed by atoms with Gasteiger partial charge in [-0.25, -0.2) is 0 Å². The summed E-state index contributed by atoms with van der Waals surface area (Å²) >= 11 is 0. The Morgan fingerprint density at radius 3 is 2.32 bits per heavy atom. The first-order valence-corrected chi connectivity index (χ1v) is 13.5. The molecule has 2 aromatic carbocycles. The number of aromatic nitrogens is 1. The van der Waals surface area contributed by atoms with Crippen molar-refractivity contribution in [3.8, 4) is 5.75 Å². The molecule has 0 saturated carbocycles. The van der Waals surface area contributed by atoms with Gasteiger partial charge in [0.2, 0.25) is 5.91 Å². The topological polar surface area (TPSA) is 71.7 Å². The number of nitrogens with zero attached hydrogens (tertiary/aromatic N) is 3. The number of hydrogen-bond acceptors (Lipinski definition) is 5. The Kier molecular flexibility index (Phi) is 9.55. The minimum Gasteiger partial charge on any atom is -0.489 e. The van der Waals surface area contributed by atoms with Crippen molar-refractivity contribution in [2.75, 3.05) is 24.5 Å². The lowest BCUT2D eigenvalue weighted by molar-refractivity contribution is -0.133. The fourth-order valence-corrected chi connectivity index (χ4v) is 4.89. The highest BCUT2D eigenvalue weighted by molar-refractivity contribution is 5.82. The second-order valence-electron chi connectivity index (χ2n) is 10.4. The summed E-state index contributed by atoms with van der Waals surface area (Å²) in [6, 6.07) is 22.4. The monoisotopic (exact) mass is 500 g/mol. The fraction of sp³-hybridized carbons (Fsp3) is 0.419. The number of anilines is 1. The molecule has 196 valence electrons. The Hall–Kier alpha value is -3.38. The molecule has 2 heterocycles. The molecular formula is C31H40N4O2. The predicted octanol–water partition coefficient (Wildman–Crippen LogP) is 5.07. The Morgan fingerprint density at radius 2 is 1.68 bits per heavy atom. The number of likely N-dealkylation sites (tertiary alicyclic amines) is 1. The molecule has 0 spiro atoms. The van der Waals surface area contributed by atoms with Gasteiger partial charge in [0.1, 0.15) is 12.4 Å². The van der Waals surface area contributed by atoms with Crippen LogP contribution in [-0.2, 0) is 17.8 Å². The van der Waals surface area contributed by atoms with Crippen LogP contribution in [0.5, 0.6) is 5.75 Å². The van der Waals surface area contributed by atoms with Gasteiger partial charge in [-0.15, -0.1) is 0 Å². The standard InChI is InChI=1S/C31H40N4O2/c1-24(2)14-21-35(27-8-10-29(11-9-27)37-23-26-6-4-3-5-7-26)28-15-19-34(20-16-28)31(36)30(32)22-25-12-17-33-18-13-25/h3-13,17-18,24,28,30H,14-16,19-23,32H2,1-2H3. The summed E-state index contributed by atoms with van der Waals surface area (Å²) in [5.74, 6) is 1.55. The van der Waals surface area contributed by atoms with Gasteiger partial charge >= 0.3 is 0 Å². The van der Waals surface area contributed by atoms with E-state index in [2.05, 4.69) is 60.1 Å². The Morgan fingerprint density at radius 1 is 1.00 bits per heavy atom. The van der Waals surface area contributed by atoms with E-state index >= 15 is 0 Å².